The van der Waals surface area contributed by atoms with E-state index in [0.29, 0.717) is 18.5 Å². The number of rotatable bonds is 4. The van der Waals surface area contributed by atoms with E-state index in [1.54, 1.807) is 12.1 Å². The molecule has 0 spiro atoms. The highest BCUT2D eigenvalue weighted by molar-refractivity contribution is 14.1. The standard InChI is InChI=1S/C13H8I2N2O6/c14-7-2-5(3-8(15)10(7)23-4-9(18)19)1-6-11(20)16-13(22)17-12(6)21/h1-3H,4H2,(H,18,19)(H2,16,17,20,21,22). The molecular formula is C13H8I2N2O6. The van der Waals surface area contributed by atoms with Gasteiger partial charge in [0.15, 0.2) is 6.61 Å². The summed E-state index contributed by atoms with van der Waals surface area (Å²) in [5.74, 6) is -2.25. The van der Waals surface area contributed by atoms with Crippen molar-refractivity contribution in [2.45, 2.75) is 0 Å². The second kappa shape index (κ2) is 7.25. The van der Waals surface area contributed by atoms with Crippen molar-refractivity contribution < 1.29 is 29.0 Å². The normalized spacial score (nSPS) is 14.2. The van der Waals surface area contributed by atoms with Crippen molar-refractivity contribution in [3.8, 4) is 5.75 Å². The highest BCUT2D eigenvalue weighted by atomic mass is 127. The number of hydrogen-bond donors (Lipinski definition) is 3. The molecule has 4 amide bonds. The SMILES string of the molecule is O=C(O)COc1c(I)cc(C=C2C(=O)NC(=O)NC2=O)cc1I. The molecule has 1 saturated heterocycles. The molecule has 0 bridgehead atoms. The minimum Gasteiger partial charge on any atom is -0.480 e. The zero-order valence-electron chi connectivity index (χ0n) is 11.2. The zero-order chi connectivity index (χ0) is 17.1. The Morgan fingerprint density at radius 1 is 1.13 bits per heavy atom. The van der Waals surface area contributed by atoms with Gasteiger partial charge in [-0.25, -0.2) is 9.59 Å². The highest BCUT2D eigenvalue weighted by Crippen LogP contribution is 2.30. The van der Waals surface area contributed by atoms with Gasteiger partial charge in [0, 0.05) is 0 Å². The first-order chi connectivity index (χ1) is 10.8. The summed E-state index contributed by atoms with van der Waals surface area (Å²) in [5.41, 5.74) is 0.339. The molecule has 1 aliphatic rings. The van der Waals surface area contributed by atoms with Crippen molar-refractivity contribution in [2.24, 2.45) is 0 Å². The highest BCUT2D eigenvalue weighted by Gasteiger charge is 2.27. The second-order valence-electron chi connectivity index (χ2n) is 4.29. The van der Waals surface area contributed by atoms with E-state index in [-0.39, 0.29) is 5.57 Å². The summed E-state index contributed by atoms with van der Waals surface area (Å²) in [6, 6.07) is 2.40. The number of nitrogens with one attached hydrogen (secondary N) is 2. The van der Waals surface area contributed by atoms with Gasteiger partial charge in [0.25, 0.3) is 11.8 Å². The molecule has 1 heterocycles. The van der Waals surface area contributed by atoms with Gasteiger partial charge in [-0.2, -0.15) is 0 Å². The van der Waals surface area contributed by atoms with Crippen LogP contribution in [-0.2, 0) is 14.4 Å². The molecule has 0 atom stereocenters. The van der Waals surface area contributed by atoms with Crippen LogP contribution in [0.1, 0.15) is 5.56 Å². The Bertz CT molecular complexity index is 714. The fourth-order valence-corrected chi connectivity index (χ4v) is 3.84. The maximum atomic E-state index is 11.7. The average molecular weight is 542 g/mol. The van der Waals surface area contributed by atoms with Crippen LogP contribution < -0.4 is 15.4 Å². The quantitative estimate of drug-likeness (QED) is 0.298. The monoisotopic (exact) mass is 542 g/mol. The molecule has 0 radical (unpaired) electrons. The van der Waals surface area contributed by atoms with E-state index in [2.05, 4.69) is 0 Å². The lowest BCUT2D eigenvalue weighted by atomic mass is 10.1. The van der Waals surface area contributed by atoms with E-state index in [1.807, 2.05) is 55.8 Å². The largest absolute Gasteiger partial charge is 0.480 e. The second-order valence-corrected chi connectivity index (χ2v) is 6.62. The number of benzene rings is 1. The van der Waals surface area contributed by atoms with Crippen molar-refractivity contribution in [3.05, 3.63) is 30.4 Å². The van der Waals surface area contributed by atoms with Crippen molar-refractivity contribution in [2.75, 3.05) is 6.61 Å². The number of amides is 4. The number of ether oxygens (including phenoxy) is 1. The number of carboxylic acids is 1. The predicted octanol–water partition coefficient (Wildman–Crippen LogP) is 1.11. The van der Waals surface area contributed by atoms with E-state index < -0.39 is 30.4 Å². The molecule has 8 nitrogen and oxygen atoms in total. The smallest absolute Gasteiger partial charge is 0.341 e. The van der Waals surface area contributed by atoms with Crippen LogP contribution in [0.5, 0.6) is 5.75 Å². The van der Waals surface area contributed by atoms with E-state index in [9.17, 15) is 19.2 Å². The third-order valence-electron chi connectivity index (χ3n) is 2.61. The summed E-state index contributed by atoms with van der Waals surface area (Å²) >= 11 is 3.92. The maximum Gasteiger partial charge on any atom is 0.341 e. The lowest BCUT2D eigenvalue weighted by Gasteiger charge is -2.14. The Morgan fingerprint density at radius 3 is 2.13 bits per heavy atom. The predicted molar refractivity (Wildman–Crippen MR) is 94.7 cm³/mol. The third-order valence-corrected chi connectivity index (χ3v) is 4.22. The Labute approximate surface area is 156 Å². The number of carbonyl (C=O) groups is 4. The number of urea groups is 1. The van der Waals surface area contributed by atoms with E-state index >= 15 is 0 Å². The number of carbonyl (C=O) groups excluding carboxylic acids is 3. The number of carboxylic acid groups (broad SMARTS) is 1. The molecular weight excluding hydrogens is 534 g/mol. The van der Waals surface area contributed by atoms with Crippen LogP contribution in [0.15, 0.2) is 17.7 Å². The molecule has 0 unspecified atom stereocenters. The lowest BCUT2D eigenvalue weighted by Crippen LogP contribution is -2.51. The summed E-state index contributed by atoms with van der Waals surface area (Å²) in [6.45, 7) is -0.473. The number of barbiturate groups is 1. The molecule has 120 valence electrons. The Morgan fingerprint density at radius 2 is 1.65 bits per heavy atom. The van der Waals surface area contributed by atoms with Gasteiger partial charge in [-0.05, 0) is 69.0 Å². The van der Waals surface area contributed by atoms with Gasteiger partial charge in [-0.15, -0.1) is 0 Å². The molecule has 1 aliphatic heterocycles. The number of imide groups is 2. The number of halogens is 2. The third kappa shape index (κ3) is 4.40. The van der Waals surface area contributed by atoms with Gasteiger partial charge in [-0.1, -0.05) is 0 Å². The molecule has 0 saturated carbocycles. The Hall–Kier alpha value is -1.70. The topological polar surface area (TPSA) is 122 Å². The van der Waals surface area contributed by atoms with Crippen LogP contribution in [0.3, 0.4) is 0 Å². The molecule has 1 aromatic rings. The van der Waals surface area contributed by atoms with Crippen LogP contribution in [-0.4, -0.2) is 35.5 Å². The van der Waals surface area contributed by atoms with Crippen LogP contribution in [0.25, 0.3) is 6.08 Å². The first kappa shape index (κ1) is 17.7. The van der Waals surface area contributed by atoms with Crippen molar-refractivity contribution in [1.29, 1.82) is 0 Å². The summed E-state index contributed by atoms with van der Waals surface area (Å²) in [4.78, 5) is 44.9. The number of aliphatic carboxylic acids is 1. The Kier molecular flexibility index (Phi) is 5.56. The summed E-state index contributed by atoms with van der Waals surface area (Å²) in [7, 11) is 0. The summed E-state index contributed by atoms with van der Waals surface area (Å²) in [5, 5.41) is 12.6. The summed E-state index contributed by atoms with van der Waals surface area (Å²) in [6.07, 6.45) is 1.34. The molecule has 2 rings (SSSR count). The van der Waals surface area contributed by atoms with Gasteiger partial charge in [-0.3, -0.25) is 20.2 Å². The lowest BCUT2D eigenvalue weighted by molar-refractivity contribution is -0.139. The molecule has 0 aliphatic carbocycles. The van der Waals surface area contributed by atoms with E-state index in [1.165, 1.54) is 6.08 Å². The Balaban J connectivity index is 2.32. The van der Waals surface area contributed by atoms with Crippen LogP contribution in [0.2, 0.25) is 0 Å². The van der Waals surface area contributed by atoms with Crippen LogP contribution in [0.4, 0.5) is 4.79 Å². The fourth-order valence-electron chi connectivity index (χ4n) is 1.71. The molecule has 1 aromatic carbocycles. The van der Waals surface area contributed by atoms with E-state index in [4.69, 9.17) is 9.84 Å². The van der Waals surface area contributed by atoms with Crippen LogP contribution in [0, 0.1) is 7.14 Å². The first-order valence-corrected chi connectivity index (χ1v) is 8.15. The van der Waals surface area contributed by atoms with Gasteiger partial charge >= 0.3 is 12.0 Å². The van der Waals surface area contributed by atoms with Crippen molar-refractivity contribution in [1.82, 2.24) is 10.6 Å². The van der Waals surface area contributed by atoms with Gasteiger partial charge < -0.3 is 9.84 Å². The van der Waals surface area contributed by atoms with Gasteiger partial charge in [0.1, 0.15) is 11.3 Å². The minimum atomic E-state index is -1.09. The molecule has 3 N–H and O–H groups in total. The van der Waals surface area contributed by atoms with Gasteiger partial charge in [0.05, 0.1) is 7.14 Å². The molecule has 10 heteroatoms. The maximum absolute atomic E-state index is 11.7. The molecule has 0 aromatic heterocycles. The average Bonchev–Trinajstić information content (AvgIpc) is 2.41. The number of hydrogen-bond acceptors (Lipinski definition) is 5. The first-order valence-electron chi connectivity index (χ1n) is 6.00. The van der Waals surface area contributed by atoms with Crippen molar-refractivity contribution in [3.63, 3.8) is 0 Å². The fraction of sp³-hybridized carbons (Fsp3) is 0.0769. The minimum absolute atomic E-state index is 0.199. The molecule has 23 heavy (non-hydrogen) atoms. The zero-order valence-corrected chi connectivity index (χ0v) is 15.5. The van der Waals surface area contributed by atoms with Crippen LogP contribution >= 0.6 is 45.2 Å². The summed E-state index contributed by atoms with van der Waals surface area (Å²) < 4.78 is 6.43. The van der Waals surface area contributed by atoms with Crippen molar-refractivity contribution >= 4 is 75.1 Å². The van der Waals surface area contributed by atoms with E-state index in [0.717, 1.165) is 0 Å². The van der Waals surface area contributed by atoms with Gasteiger partial charge in [0.2, 0.25) is 0 Å². The molecule has 1 fully saturated rings.